The van der Waals surface area contributed by atoms with Crippen LogP contribution in [0.25, 0.3) is 0 Å². The summed E-state index contributed by atoms with van der Waals surface area (Å²) in [5.41, 5.74) is 2.25. The topological polar surface area (TPSA) is 85.2 Å². The number of phenols is 1. The van der Waals surface area contributed by atoms with Crippen LogP contribution in [0.15, 0.2) is 66.4 Å². The van der Waals surface area contributed by atoms with Gasteiger partial charge in [-0.1, -0.05) is 42.5 Å². The number of phenolic OH excluding ortho intramolecular Hbond substituents is 1. The van der Waals surface area contributed by atoms with E-state index in [1.54, 1.807) is 12.1 Å². The normalized spacial score (nSPS) is 10.8. The van der Waals surface area contributed by atoms with Crippen molar-refractivity contribution in [2.75, 3.05) is 13.1 Å². The van der Waals surface area contributed by atoms with Gasteiger partial charge in [0.05, 0.1) is 0 Å². The van der Waals surface area contributed by atoms with Crippen LogP contribution in [0.3, 0.4) is 0 Å². The third kappa shape index (κ3) is 6.40. The highest BCUT2D eigenvalue weighted by Crippen LogP contribution is 2.09. The van der Waals surface area contributed by atoms with Gasteiger partial charge >= 0.3 is 0 Å². The van der Waals surface area contributed by atoms with Gasteiger partial charge in [0.25, 0.3) is 5.91 Å². The standard InChI is InChI=1S/C20H21N3O2/c21-14-18(15-22-12-10-17-6-8-19(24)9-7-17)20(25)23-13-11-16-4-2-1-3-5-16/h1-9,15,22,24H,10-13H2,(H,23,25)/b18-15-. The van der Waals surface area contributed by atoms with E-state index in [9.17, 15) is 9.90 Å². The molecule has 128 valence electrons. The molecule has 0 aliphatic carbocycles. The summed E-state index contributed by atoms with van der Waals surface area (Å²) in [4.78, 5) is 12.0. The number of hydrogen-bond donors (Lipinski definition) is 3. The lowest BCUT2D eigenvalue weighted by atomic mass is 10.1. The van der Waals surface area contributed by atoms with Crippen LogP contribution in [-0.2, 0) is 17.6 Å². The molecule has 5 nitrogen and oxygen atoms in total. The first-order chi connectivity index (χ1) is 12.2. The zero-order valence-corrected chi connectivity index (χ0v) is 13.9. The molecule has 0 saturated heterocycles. The molecular weight excluding hydrogens is 314 g/mol. The van der Waals surface area contributed by atoms with Gasteiger partial charge in [-0.3, -0.25) is 4.79 Å². The Kier molecular flexibility index (Phi) is 7.08. The fourth-order valence-electron chi connectivity index (χ4n) is 2.26. The van der Waals surface area contributed by atoms with Gasteiger partial charge in [-0.15, -0.1) is 0 Å². The van der Waals surface area contributed by atoms with Gasteiger partial charge in [-0.25, -0.2) is 0 Å². The number of nitriles is 1. The van der Waals surface area contributed by atoms with Gasteiger partial charge in [0.15, 0.2) is 0 Å². The Morgan fingerprint density at radius 1 is 1.00 bits per heavy atom. The van der Waals surface area contributed by atoms with E-state index in [0.29, 0.717) is 13.1 Å². The van der Waals surface area contributed by atoms with E-state index in [-0.39, 0.29) is 17.2 Å². The maximum atomic E-state index is 12.0. The SMILES string of the molecule is N#C/C(=C/NCCc1ccc(O)cc1)C(=O)NCCc1ccccc1. The van der Waals surface area contributed by atoms with E-state index in [2.05, 4.69) is 10.6 Å². The minimum absolute atomic E-state index is 0.0544. The maximum absolute atomic E-state index is 12.0. The molecule has 5 heteroatoms. The molecule has 2 aromatic carbocycles. The Labute approximate surface area is 147 Å². The molecule has 0 fully saturated rings. The molecule has 0 aliphatic rings. The van der Waals surface area contributed by atoms with E-state index < -0.39 is 0 Å². The summed E-state index contributed by atoms with van der Waals surface area (Å²) in [5, 5.41) is 24.1. The summed E-state index contributed by atoms with van der Waals surface area (Å²) in [6.45, 7) is 1.07. The van der Waals surface area contributed by atoms with Crippen LogP contribution in [0, 0.1) is 11.3 Å². The summed E-state index contributed by atoms with van der Waals surface area (Å²) < 4.78 is 0. The third-order valence-electron chi connectivity index (χ3n) is 3.65. The molecule has 3 N–H and O–H groups in total. The van der Waals surface area contributed by atoms with Crippen LogP contribution in [-0.4, -0.2) is 24.1 Å². The molecule has 0 saturated carbocycles. The molecule has 0 heterocycles. The summed E-state index contributed by atoms with van der Waals surface area (Å²) in [6.07, 6.45) is 2.89. The molecular formula is C20H21N3O2. The van der Waals surface area contributed by atoms with Crippen LogP contribution in [0.1, 0.15) is 11.1 Å². The molecule has 0 bridgehead atoms. The Hall–Kier alpha value is -3.26. The molecule has 25 heavy (non-hydrogen) atoms. The highest BCUT2D eigenvalue weighted by molar-refractivity contribution is 5.97. The predicted octanol–water partition coefficient (Wildman–Crippen LogP) is 2.29. The van der Waals surface area contributed by atoms with Crippen molar-refractivity contribution in [3.05, 3.63) is 77.5 Å². The minimum atomic E-state index is -0.379. The van der Waals surface area contributed by atoms with E-state index in [1.165, 1.54) is 6.20 Å². The second kappa shape index (κ2) is 9.78. The number of aromatic hydroxyl groups is 1. The Balaban J connectivity index is 1.73. The molecule has 1 amide bonds. The zero-order valence-electron chi connectivity index (χ0n) is 13.9. The van der Waals surface area contributed by atoms with Crippen molar-refractivity contribution in [3.63, 3.8) is 0 Å². The highest BCUT2D eigenvalue weighted by atomic mass is 16.3. The number of nitrogens with one attached hydrogen (secondary N) is 2. The van der Waals surface area contributed by atoms with E-state index in [4.69, 9.17) is 5.26 Å². The second-order valence-electron chi connectivity index (χ2n) is 5.53. The smallest absolute Gasteiger partial charge is 0.263 e. The van der Waals surface area contributed by atoms with E-state index in [0.717, 1.165) is 24.0 Å². The minimum Gasteiger partial charge on any atom is -0.508 e. The summed E-state index contributed by atoms with van der Waals surface area (Å²) in [7, 11) is 0. The first-order valence-corrected chi connectivity index (χ1v) is 8.12. The van der Waals surface area contributed by atoms with Gasteiger partial charge in [0.2, 0.25) is 0 Å². The molecule has 0 spiro atoms. The lowest BCUT2D eigenvalue weighted by Gasteiger charge is -2.06. The van der Waals surface area contributed by atoms with E-state index >= 15 is 0 Å². The average molecular weight is 335 g/mol. The van der Waals surface area contributed by atoms with Crippen molar-refractivity contribution in [2.24, 2.45) is 0 Å². The maximum Gasteiger partial charge on any atom is 0.263 e. The Morgan fingerprint density at radius 2 is 1.64 bits per heavy atom. The highest BCUT2D eigenvalue weighted by Gasteiger charge is 2.07. The van der Waals surface area contributed by atoms with Crippen molar-refractivity contribution in [3.8, 4) is 11.8 Å². The van der Waals surface area contributed by atoms with Gasteiger partial charge in [-0.05, 0) is 36.1 Å². The van der Waals surface area contributed by atoms with E-state index in [1.807, 2.05) is 48.5 Å². The lowest BCUT2D eigenvalue weighted by molar-refractivity contribution is -0.117. The molecule has 0 unspecified atom stereocenters. The van der Waals surface area contributed by atoms with Crippen LogP contribution in [0.2, 0.25) is 0 Å². The number of rotatable bonds is 8. The van der Waals surface area contributed by atoms with Gasteiger partial charge in [0.1, 0.15) is 17.4 Å². The number of benzene rings is 2. The lowest BCUT2D eigenvalue weighted by Crippen LogP contribution is -2.27. The van der Waals surface area contributed by atoms with Gasteiger partial charge in [0, 0.05) is 19.3 Å². The van der Waals surface area contributed by atoms with Crippen molar-refractivity contribution in [1.29, 1.82) is 5.26 Å². The Bertz CT molecular complexity index is 747. The summed E-state index contributed by atoms with van der Waals surface area (Å²) in [5.74, 6) is -0.147. The molecule has 2 aromatic rings. The number of nitrogens with zero attached hydrogens (tertiary/aromatic N) is 1. The van der Waals surface area contributed by atoms with Crippen LogP contribution in [0.4, 0.5) is 0 Å². The number of carbonyl (C=O) groups excluding carboxylic acids is 1. The monoisotopic (exact) mass is 335 g/mol. The number of carbonyl (C=O) groups is 1. The van der Waals surface area contributed by atoms with Gasteiger partial charge < -0.3 is 15.7 Å². The van der Waals surface area contributed by atoms with Gasteiger partial charge in [-0.2, -0.15) is 5.26 Å². The van der Waals surface area contributed by atoms with Crippen molar-refractivity contribution in [2.45, 2.75) is 12.8 Å². The van der Waals surface area contributed by atoms with Crippen molar-refractivity contribution in [1.82, 2.24) is 10.6 Å². The largest absolute Gasteiger partial charge is 0.508 e. The predicted molar refractivity (Wildman–Crippen MR) is 96.7 cm³/mol. The fourth-order valence-corrected chi connectivity index (χ4v) is 2.26. The molecule has 0 aliphatic heterocycles. The van der Waals surface area contributed by atoms with Crippen LogP contribution < -0.4 is 10.6 Å². The summed E-state index contributed by atoms with van der Waals surface area (Å²) in [6, 6.07) is 18.7. The molecule has 2 rings (SSSR count). The number of hydrogen-bond acceptors (Lipinski definition) is 4. The molecule has 0 atom stereocenters. The quantitative estimate of drug-likeness (QED) is 0.392. The second-order valence-corrected chi connectivity index (χ2v) is 5.53. The molecule has 0 aromatic heterocycles. The average Bonchev–Trinajstić information content (AvgIpc) is 2.64. The van der Waals surface area contributed by atoms with Crippen LogP contribution in [0.5, 0.6) is 5.75 Å². The fraction of sp³-hybridized carbons (Fsp3) is 0.200. The van der Waals surface area contributed by atoms with Crippen LogP contribution >= 0.6 is 0 Å². The Morgan fingerprint density at radius 3 is 2.32 bits per heavy atom. The zero-order chi connectivity index (χ0) is 17.9. The third-order valence-corrected chi connectivity index (χ3v) is 3.65. The first kappa shape index (κ1) is 18.1. The van der Waals surface area contributed by atoms with Crippen molar-refractivity contribution < 1.29 is 9.90 Å². The number of amides is 1. The van der Waals surface area contributed by atoms with Crippen molar-refractivity contribution >= 4 is 5.91 Å². The first-order valence-electron chi connectivity index (χ1n) is 8.12. The summed E-state index contributed by atoms with van der Waals surface area (Å²) >= 11 is 0. The molecule has 0 radical (unpaired) electrons.